The molecule has 0 bridgehead atoms. The van der Waals surface area contributed by atoms with Crippen molar-refractivity contribution in [1.82, 2.24) is 0 Å². The lowest BCUT2D eigenvalue weighted by atomic mass is 10.0. The topological polar surface area (TPSA) is 78.1 Å². The van der Waals surface area contributed by atoms with Gasteiger partial charge in [-0.1, -0.05) is 30.3 Å². The van der Waals surface area contributed by atoms with E-state index in [9.17, 15) is 9.90 Å². The van der Waals surface area contributed by atoms with Crippen LogP contribution in [0.3, 0.4) is 0 Å². The van der Waals surface area contributed by atoms with Gasteiger partial charge in [-0.3, -0.25) is 0 Å². The number of rotatable bonds is 11. The molecule has 1 heterocycles. The molecule has 6 heteroatoms. The van der Waals surface area contributed by atoms with E-state index in [1.807, 2.05) is 30.3 Å². The van der Waals surface area contributed by atoms with Gasteiger partial charge in [0.15, 0.2) is 0 Å². The fourth-order valence-electron chi connectivity index (χ4n) is 3.09. The van der Waals surface area contributed by atoms with Gasteiger partial charge < -0.3 is 23.7 Å². The fraction of sp³-hybridized carbons (Fsp3) is 0.348. The molecule has 1 N–H and O–H groups in total. The second kappa shape index (κ2) is 10.6. The molecule has 2 aromatic carbocycles. The lowest BCUT2D eigenvalue weighted by Gasteiger charge is -2.10. The summed E-state index contributed by atoms with van der Waals surface area (Å²) in [6.45, 7) is 1.83. The van der Waals surface area contributed by atoms with Crippen molar-refractivity contribution < 1.29 is 23.7 Å². The number of methoxy groups -OCH3 is 1. The van der Waals surface area contributed by atoms with E-state index in [2.05, 4.69) is 0 Å². The minimum Gasteiger partial charge on any atom is -0.507 e. The number of aromatic hydroxyl groups is 1. The van der Waals surface area contributed by atoms with Gasteiger partial charge in [-0.05, 0) is 37.0 Å². The number of aryl methyl sites for hydroxylation is 1. The first-order valence-electron chi connectivity index (χ1n) is 9.71. The van der Waals surface area contributed by atoms with Crippen molar-refractivity contribution in [2.75, 3.05) is 33.5 Å². The van der Waals surface area contributed by atoms with Crippen LogP contribution in [0.5, 0.6) is 11.5 Å². The summed E-state index contributed by atoms with van der Waals surface area (Å²) in [5.41, 5.74) is 1.30. The van der Waals surface area contributed by atoms with Gasteiger partial charge in [0.2, 0.25) is 0 Å². The van der Waals surface area contributed by atoms with Crippen LogP contribution in [0.4, 0.5) is 0 Å². The molecule has 0 aliphatic heterocycles. The van der Waals surface area contributed by atoms with E-state index in [1.54, 1.807) is 25.3 Å². The van der Waals surface area contributed by atoms with Crippen molar-refractivity contribution in [3.05, 3.63) is 70.1 Å². The van der Waals surface area contributed by atoms with Gasteiger partial charge >= 0.3 is 5.63 Å². The van der Waals surface area contributed by atoms with E-state index in [1.165, 1.54) is 5.56 Å². The summed E-state index contributed by atoms with van der Waals surface area (Å²) < 4.78 is 21.3. The summed E-state index contributed by atoms with van der Waals surface area (Å²) in [7, 11) is 1.62. The van der Waals surface area contributed by atoms with Crippen LogP contribution in [0.15, 0.2) is 57.7 Å². The summed E-state index contributed by atoms with van der Waals surface area (Å²) in [4.78, 5) is 12.4. The molecule has 0 spiro atoms. The lowest BCUT2D eigenvalue weighted by molar-refractivity contribution is 0.0544. The van der Waals surface area contributed by atoms with Crippen LogP contribution in [0, 0.1) is 0 Å². The summed E-state index contributed by atoms with van der Waals surface area (Å²) >= 11 is 0. The first kappa shape index (κ1) is 20.9. The molecule has 0 saturated carbocycles. The second-order valence-corrected chi connectivity index (χ2v) is 6.67. The minimum absolute atomic E-state index is 0.0150. The maximum atomic E-state index is 12.4. The Kier molecular flexibility index (Phi) is 7.67. The zero-order valence-electron chi connectivity index (χ0n) is 16.6. The highest BCUT2D eigenvalue weighted by Gasteiger charge is 2.14. The Bertz CT molecular complexity index is 964. The molecular weight excluding hydrogens is 372 g/mol. The Morgan fingerprint density at radius 3 is 2.55 bits per heavy atom. The molecule has 0 aliphatic rings. The molecule has 1 aromatic heterocycles. The highest BCUT2D eigenvalue weighted by atomic mass is 16.5. The third-order valence-electron chi connectivity index (χ3n) is 4.61. The highest BCUT2D eigenvalue weighted by molar-refractivity contribution is 5.85. The summed E-state index contributed by atoms with van der Waals surface area (Å²) in [5.74, 6) is 0.533. The number of benzene rings is 2. The summed E-state index contributed by atoms with van der Waals surface area (Å²) in [5, 5.41) is 11.1. The van der Waals surface area contributed by atoms with Gasteiger partial charge in [-0.15, -0.1) is 0 Å². The van der Waals surface area contributed by atoms with Gasteiger partial charge in [0.1, 0.15) is 23.7 Å². The van der Waals surface area contributed by atoms with Gasteiger partial charge in [0.05, 0.1) is 30.8 Å². The number of hydrogen-bond donors (Lipinski definition) is 1. The summed E-state index contributed by atoms with van der Waals surface area (Å²) in [6.07, 6.45) is 2.03. The molecule has 0 saturated heterocycles. The van der Waals surface area contributed by atoms with Crippen molar-refractivity contribution >= 4 is 11.0 Å². The Labute approximate surface area is 169 Å². The first-order valence-corrected chi connectivity index (χ1v) is 9.71. The maximum Gasteiger partial charge on any atom is 0.343 e. The zero-order chi connectivity index (χ0) is 20.5. The van der Waals surface area contributed by atoms with Gasteiger partial charge in [-0.2, -0.15) is 0 Å². The van der Waals surface area contributed by atoms with Crippen LogP contribution in [0.1, 0.15) is 17.5 Å². The minimum atomic E-state index is -0.511. The molecule has 6 nitrogen and oxygen atoms in total. The standard InChI is InChI=1S/C23H26O6/c1-26-12-13-27-14-15-28-18-10-11-19-21(16-18)29-23(25)20(22(19)24)9-5-8-17-6-3-2-4-7-17/h2-4,6-7,10-11,16,24H,5,8-9,12-15H2,1H3. The van der Waals surface area contributed by atoms with E-state index in [0.29, 0.717) is 55.1 Å². The predicted molar refractivity (Wildman–Crippen MR) is 111 cm³/mol. The monoisotopic (exact) mass is 398 g/mol. The quantitative estimate of drug-likeness (QED) is 0.392. The van der Waals surface area contributed by atoms with Crippen molar-refractivity contribution in [1.29, 1.82) is 0 Å². The van der Waals surface area contributed by atoms with Crippen LogP contribution in [-0.2, 0) is 22.3 Å². The third-order valence-corrected chi connectivity index (χ3v) is 4.61. The molecule has 0 atom stereocenters. The fourth-order valence-corrected chi connectivity index (χ4v) is 3.09. The van der Waals surface area contributed by atoms with E-state index in [4.69, 9.17) is 18.6 Å². The maximum absolute atomic E-state index is 12.4. The first-order chi connectivity index (χ1) is 14.2. The third kappa shape index (κ3) is 5.82. The number of hydrogen-bond acceptors (Lipinski definition) is 6. The van der Waals surface area contributed by atoms with Gasteiger partial charge in [0.25, 0.3) is 0 Å². The van der Waals surface area contributed by atoms with E-state index in [0.717, 1.165) is 12.8 Å². The molecule has 29 heavy (non-hydrogen) atoms. The molecule has 0 unspecified atom stereocenters. The Morgan fingerprint density at radius 1 is 0.966 bits per heavy atom. The van der Waals surface area contributed by atoms with Crippen LogP contribution < -0.4 is 10.4 Å². The number of ether oxygens (including phenoxy) is 3. The average molecular weight is 398 g/mol. The highest BCUT2D eigenvalue weighted by Crippen LogP contribution is 2.30. The zero-order valence-corrected chi connectivity index (χ0v) is 16.6. The van der Waals surface area contributed by atoms with Crippen molar-refractivity contribution in [2.24, 2.45) is 0 Å². The molecule has 3 aromatic rings. The smallest absolute Gasteiger partial charge is 0.343 e. The van der Waals surface area contributed by atoms with Crippen LogP contribution in [0.2, 0.25) is 0 Å². The second-order valence-electron chi connectivity index (χ2n) is 6.67. The molecule has 0 radical (unpaired) electrons. The molecule has 0 aliphatic carbocycles. The SMILES string of the molecule is COCCOCCOc1ccc2c(O)c(CCCc3ccccc3)c(=O)oc2c1. The summed E-state index contributed by atoms with van der Waals surface area (Å²) in [6, 6.07) is 15.1. The molecule has 154 valence electrons. The van der Waals surface area contributed by atoms with Gasteiger partial charge in [-0.25, -0.2) is 4.79 Å². The molecule has 0 fully saturated rings. The van der Waals surface area contributed by atoms with Crippen molar-refractivity contribution in [3.63, 3.8) is 0 Å². The molecule has 3 rings (SSSR count). The molecule has 0 amide bonds. The van der Waals surface area contributed by atoms with E-state index < -0.39 is 5.63 Å². The van der Waals surface area contributed by atoms with Crippen molar-refractivity contribution in [2.45, 2.75) is 19.3 Å². The van der Waals surface area contributed by atoms with Crippen LogP contribution in [-0.4, -0.2) is 38.6 Å². The predicted octanol–water partition coefficient (Wildman–Crippen LogP) is 3.72. The van der Waals surface area contributed by atoms with Crippen LogP contribution >= 0.6 is 0 Å². The normalized spacial score (nSPS) is 11.1. The Morgan fingerprint density at radius 2 is 1.76 bits per heavy atom. The largest absolute Gasteiger partial charge is 0.507 e. The number of fused-ring (bicyclic) bond motifs is 1. The van der Waals surface area contributed by atoms with Gasteiger partial charge in [0, 0.05) is 13.2 Å². The van der Waals surface area contributed by atoms with E-state index in [-0.39, 0.29) is 5.75 Å². The Balaban J connectivity index is 1.63. The Hall–Kier alpha value is -2.83. The van der Waals surface area contributed by atoms with Crippen molar-refractivity contribution in [3.8, 4) is 11.5 Å². The lowest BCUT2D eigenvalue weighted by Crippen LogP contribution is -2.10. The average Bonchev–Trinajstić information content (AvgIpc) is 2.73. The van der Waals surface area contributed by atoms with E-state index >= 15 is 0 Å². The molecular formula is C23H26O6. The van der Waals surface area contributed by atoms with Crippen LogP contribution in [0.25, 0.3) is 11.0 Å².